The quantitative estimate of drug-likeness (QED) is 0.832. The Balaban J connectivity index is 1.66. The lowest BCUT2D eigenvalue weighted by molar-refractivity contribution is 0.0951. The van der Waals surface area contributed by atoms with Gasteiger partial charge in [-0.1, -0.05) is 15.9 Å². The van der Waals surface area contributed by atoms with Crippen LogP contribution in [0.4, 0.5) is 5.69 Å². The van der Waals surface area contributed by atoms with Gasteiger partial charge in [0.15, 0.2) is 0 Å². The number of carbonyl (C=O) groups is 1. The number of thiophene rings is 1. The van der Waals surface area contributed by atoms with Crippen molar-refractivity contribution in [2.45, 2.75) is 25.8 Å². The van der Waals surface area contributed by atoms with Crippen molar-refractivity contribution in [3.63, 3.8) is 0 Å². The van der Waals surface area contributed by atoms with Crippen LogP contribution < -0.4 is 11.1 Å². The molecule has 20 heavy (non-hydrogen) atoms. The number of fused-ring (bicyclic) bond motifs is 1. The Kier molecular flexibility index (Phi) is 3.81. The first-order valence-corrected chi connectivity index (χ1v) is 8.17. The highest BCUT2D eigenvalue weighted by Gasteiger charge is 2.15. The molecule has 1 aromatic carbocycles. The zero-order chi connectivity index (χ0) is 14.1. The summed E-state index contributed by atoms with van der Waals surface area (Å²) in [6.45, 7) is 0.586. The molecule has 3 rings (SSSR count). The minimum atomic E-state index is -0.0911. The van der Waals surface area contributed by atoms with Crippen molar-refractivity contribution in [3.8, 4) is 0 Å². The summed E-state index contributed by atoms with van der Waals surface area (Å²) in [6, 6.07) is 7.47. The zero-order valence-electron chi connectivity index (χ0n) is 10.9. The number of hydrogen-bond acceptors (Lipinski definition) is 3. The number of aryl methyl sites for hydroxylation is 2. The van der Waals surface area contributed by atoms with Crippen LogP contribution in [0.1, 0.15) is 32.1 Å². The van der Waals surface area contributed by atoms with Crippen LogP contribution in [0.2, 0.25) is 0 Å². The predicted molar refractivity (Wildman–Crippen MR) is 86.1 cm³/mol. The lowest BCUT2D eigenvalue weighted by Crippen LogP contribution is -2.22. The lowest BCUT2D eigenvalue weighted by atomic mass is 10.2. The fourth-order valence-corrected chi connectivity index (χ4v) is 4.20. The topological polar surface area (TPSA) is 55.1 Å². The summed E-state index contributed by atoms with van der Waals surface area (Å²) in [5, 5.41) is 2.95. The van der Waals surface area contributed by atoms with Gasteiger partial charge in [0, 0.05) is 25.5 Å². The van der Waals surface area contributed by atoms with Crippen LogP contribution in [-0.2, 0) is 19.4 Å². The fourth-order valence-electron chi connectivity index (χ4n) is 2.49. The van der Waals surface area contributed by atoms with Gasteiger partial charge in [-0.15, -0.1) is 11.3 Å². The number of benzene rings is 1. The third kappa shape index (κ3) is 2.88. The largest absolute Gasteiger partial charge is 0.399 e. The number of hydrogen-bond donors (Lipinski definition) is 2. The van der Waals surface area contributed by atoms with Gasteiger partial charge in [-0.2, -0.15) is 0 Å². The van der Waals surface area contributed by atoms with Crippen LogP contribution in [0.5, 0.6) is 0 Å². The minimum absolute atomic E-state index is 0.0911. The number of nitrogens with two attached hydrogens (primary N) is 1. The molecule has 1 amide bonds. The Bertz CT molecular complexity index is 624. The van der Waals surface area contributed by atoms with Crippen LogP contribution in [0.15, 0.2) is 28.7 Å². The third-order valence-electron chi connectivity index (χ3n) is 3.40. The predicted octanol–water partition coefficient (Wildman–Crippen LogP) is 3.51. The summed E-state index contributed by atoms with van der Waals surface area (Å²) in [6.07, 6.45) is 3.64. The van der Waals surface area contributed by atoms with Crippen LogP contribution in [0.25, 0.3) is 0 Å². The highest BCUT2D eigenvalue weighted by molar-refractivity contribution is 9.10. The van der Waals surface area contributed by atoms with Crippen LogP contribution in [-0.4, -0.2) is 5.91 Å². The average molecular weight is 351 g/mol. The smallest absolute Gasteiger partial charge is 0.251 e. The number of carbonyl (C=O) groups excluding carboxylic acids is 1. The summed E-state index contributed by atoms with van der Waals surface area (Å²) >= 11 is 5.17. The summed E-state index contributed by atoms with van der Waals surface area (Å²) in [5.41, 5.74) is 8.38. The highest BCUT2D eigenvalue weighted by atomic mass is 79.9. The second kappa shape index (κ2) is 5.58. The van der Waals surface area contributed by atoms with E-state index in [4.69, 9.17) is 5.73 Å². The van der Waals surface area contributed by atoms with Crippen LogP contribution in [0.3, 0.4) is 0 Å². The summed E-state index contributed by atoms with van der Waals surface area (Å²) < 4.78 is 0.817. The number of rotatable bonds is 3. The minimum Gasteiger partial charge on any atom is -0.399 e. The van der Waals surface area contributed by atoms with E-state index < -0.39 is 0 Å². The highest BCUT2D eigenvalue weighted by Crippen LogP contribution is 2.30. The molecule has 1 aromatic heterocycles. The average Bonchev–Trinajstić information content (AvgIpc) is 2.95. The molecular weight excluding hydrogens is 336 g/mol. The molecule has 0 saturated heterocycles. The van der Waals surface area contributed by atoms with Crippen molar-refractivity contribution in [1.29, 1.82) is 0 Å². The summed E-state index contributed by atoms with van der Waals surface area (Å²) in [5.74, 6) is -0.0911. The van der Waals surface area contributed by atoms with Gasteiger partial charge in [0.2, 0.25) is 0 Å². The number of nitrogens with one attached hydrogen (secondary N) is 1. The fraction of sp³-hybridized carbons (Fsp3) is 0.267. The van der Waals surface area contributed by atoms with Gasteiger partial charge in [0.05, 0.1) is 6.54 Å². The van der Waals surface area contributed by atoms with Gasteiger partial charge in [-0.25, -0.2) is 0 Å². The number of anilines is 1. The molecule has 1 heterocycles. The summed E-state index contributed by atoms with van der Waals surface area (Å²) in [4.78, 5) is 14.8. The molecule has 1 aliphatic carbocycles. The Morgan fingerprint density at radius 2 is 2.15 bits per heavy atom. The lowest BCUT2D eigenvalue weighted by Gasteiger charge is -2.05. The first-order valence-electron chi connectivity index (χ1n) is 6.56. The molecule has 3 N–H and O–H groups in total. The van der Waals surface area contributed by atoms with E-state index in [1.165, 1.54) is 34.6 Å². The SMILES string of the molecule is Nc1cc(Br)cc(C(=O)NCc2cc3c(s2)CCC3)c1. The zero-order valence-corrected chi connectivity index (χ0v) is 13.3. The van der Waals surface area contributed by atoms with E-state index in [1.807, 2.05) is 11.3 Å². The van der Waals surface area contributed by atoms with E-state index in [9.17, 15) is 4.79 Å². The Hall–Kier alpha value is -1.33. The number of nitrogen functional groups attached to an aromatic ring is 1. The molecule has 0 aliphatic heterocycles. The number of amides is 1. The van der Waals surface area contributed by atoms with Crippen LogP contribution in [0, 0.1) is 0 Å². The van der Waals surface area contributed by atoms with Crippen molar-refractivity contribution in [2.75, 3.05) is 5.73 Å². The molecule has 0 atom stereocenters. The van der Waals surface area contributed by atoms with Gasteiger partial charge in [0.25, 0.3) is 5.91 Å². The second-order valence-electron chi connectivity index (χ2n) is 4.97. The van der Waals surface area contributed by atoms with Crippen LogP contribution >= 0.6 is 27.3 Å². The van der Waals surface area contributed by atoms with E-state index in [0.29, 0.717) is 17.8 Å². The molecule has 1 aliphatic rings. The third-order valence-corrected chi connectivity index (χ3v) is 5.10. The molecular formula is C15H15BrN2OS. The van der Waals surface area contributed by atoms with Crippen molar-refractivity contribution in [1.82, 2.24) is 5.32 Å². The molecule has 0 unspecified atom stereocenters. The summed E-state index contributed by atoms with van der Waals surface area (Å²) in [7, 11) is 0. The normalized spacial score (nSPS) is 13.2. The van der Waals surface area contributed by atoms with Crippen molar-refractivity contribution < 1.29 is 4.79 Å². The van der Waals surface area contributed by atoms with E-state index in [-0.39, 0.29) is 5.91 Å². The molecule has 0 bridgehead atoms. The van der Waals surface area contributed by atoms with Crippen molar-refractivity contribution >= 4 is 38.9 Å². The van der Waals surface area contributed by atoms with E-state index in [0.717, 1.165) is 4.47 Å². The van der Waals surface area contributed by atoms with Gasteiger partial charge in [-0.3, -0.25) is 4.79 Å². The monoisotopic (exact) mass is 350 g/mol. The van der Waals surface area contributed by atoms with Gasteiger partial charge in [-0.05, 0) is 49.1 Å². The molecule has 104 valence electrons. The maximum absolute atomic E-state index is 12.1. The molecule has 5 heteroatoms. The van der Waals surface area contributed by atoms with E-state index in [1.54, 1.807) is 18.2 Å². The molecule has 0 radical (unpaired) electrons. The standard InChI is InChI=1S/C15H15BrN2OS/c16-11-4-10(5-12(17)7-11)15(19)18-8-13-6-9-2-1-3-14(9)20-13/h4-7H,1-3,8,17H2,(H,18,19). The van der Waals surface area contributed by atoms with Gasteiger partial charge < -0.3 is 11.1 Å². The van der Waals surface area contributed by atoms with Gasteiger partial charge in [0.1, 0.15) is 0 Å². The first kappa shape index (κ1) is 13.6. The molecule has 2 aromatic rings. The van der Waals surface area contributed by atoms with Crippen molar-refractivity contribution in [2.24, 2.45) is 0 Å². The van der Waals surface area contributed by atoms with Crippen molar-refractivity contribution in [3.05, 3.63) is 49.6 Å². The molecule has 0 saturated carbocycles. The van der Waals surface area contributed by atoms with E-state index in [2.05, 4.69) is 27.3 Å². The molecule has 0 spiro atoms. The molecule has 0 fully saturated rings. The number of halogens is 1. The second-order valence-corrected chi connectivity index (χ2v) is 7.11. The first-order chi connectivity index (χ1) is 9.61. The Labute approximate surface area is 130 Å². The Morgan fingerprint density at radius 1 is 1.30 bits per heavy atom. The van der Waals surface area contributed by atoms with Gasteiger partial charge >= 0.3 is 0 Å². The molecule has 3 nitrogen and oxygen atoms in total. The van der Waals surface area contributed by atoms with E-state index >= 15 is 0 Å². The Morgan fingerprint density at radius 3 is 2.90 bits per heavy atom. The maximum atomic E-state index is 12.1. The maximum Gasteiger partial charge on any atom is 0.251 e.